The van der Waals surface area contributed by atoms with Crippen molar-refractivity contribution in [3.8, 4) is 17.2 Å². The summed E-state index contributed by atoms with van der Waals surface area (Å²) in [5.41, 5.74) is 1.23. The first-order valence-corrected chi connectivity index (χ1v) is 13.4. The highest BCUT2D eigenvalue weighted by molar-refractivity contribution is 5.97. The van der Waals surface area contributed by atoms with Crippen molar-refractivity contribution in [3.05, 3.63) is 53.6 Å². The number of hydrogen-bond donors (Lipinski definition) is 2. The van der Waals surface area contributed by atoms with Crippen molar-refractivity contribution in [2.45, 2.75) is 58.5 Å². The Morgan fingerprint density at radius 3 is 2.74 bits per heavy atom. The topological polar surface area (TPSA) is 118 Å². The van der Waals surface area contributed by atoms with Crippen LogP contribution in [0.4, 0.5) is 0 Å². The fraction of sp³-hybridized carbons (Fsp3) is 0.483. The van der Waals surface area contributed by atoms with Crippen LogP contribution in [0.2, 0.25) is 0 Å². The van der Waals surface area contributed by atoms with Gasteiger partial charge in [0, 0.05) is 37.7 Å². The third-order valence-corrected chi connectivity index (χ3v) is 6.67. The van der Waals surface area contributed by atoms with Crippen LogP contribution in [0.3, 0.4) is 0 Å². The maximum absolute atomic E-state index is 13.5. The molecule has 4 bridgehead atoms. The van der Waals surface area contributed by atoms with Gasteiger partial charge in [-0.1, -0.05) is 12.1 Å². The Morgan fingerprint density at radius 1 is 1.18 bits per heavy atom. The van der Waals surface area contributed by atoms with Gasteiger partial charge in [-0.05, 0) is 57.0 Å². The van der Waals surface area contributed by atoms with Crippen molar-refractivity contribution in [1.29, 1.82) is 0 Å². The number of ether oxygens (including phenoxy) is 3. The predicted molar refractivity (Wildman–Crippen MR) is 144 cm³/mol. The van der Waals surface area contributed by atoms with Gasteiger partial charge in [-0.2, -0.15) is 0 Å². The smallest absolute Gasteiger partial charge is 0.254 e. The minimum atomic E-state index is -0.468. The maximum atomic E-state index is 13.5. The molecule has 39 heavy (non-hydrogen) atoms. The maximum Gasteiger partial charge on any atom is 0.254 e. The number of rotatable bonds is 5. The van der Waals surface area contributed by atoms with Gasteiger partial charge in [-0.25, -0.2) is 0 Å². The summed E-state index contributed by atoms with van der Waals surface area (Å²) in [7, 11) is 0. The molecular formula is C29H37N3O7. The lowest BCUT2D eigenvalue weighted by Crippen LogP contribution is -2.58. The monoisotopic (exact) mass is 539 g/mol. The molecule has 0 aliphatic carbocycles. The molecule has 3 amide bonds. The number of hydrogen-bond acceptors (Lipinski definition) is 7. The summed E-state index contributed by atoms with van der Waals surface area (Å²) in [5, 5.41) is 12.2. The Labute approximate surface area is 228 Å². The summed E-state index contributed by atoms with van der Waals surface area (Å²) in [6.07, 6.45) is 0.108. The molecule has 2 aromatic carbocycles. The lowest BCUT2D eigenvalue weighted by Gasteiger charge is -2.39. The first kappa shape index (κ1) is 28.4. The number of piperidine rings is 1. The van der Waals surface area contributed by atoms with Crippen LogP contribution >= 0.6 is 0 Å². The zero-order valence-corrected chi connectivity index (χ0v) is 22.7. The van der Waals surface area contributed by atoms with Gasteiger partial charge in [-0.3, -0.25) is 14.4 Å². The minimum absolute atomic E-state index is 0.0265. The predicted octanol–water partition coefficient (Wildman–Crippen LogP) is 2.73. The third-order valence-electron chi connectivity index (χ3n) is 6.67. The molecular weight excluding hydrogens is 502 g/mol. The van der Waals surface area contributed by atoms with E-state index in [9.17, 15) is 19.5 Å². The van der Waals surface area contributed by atoms with E-state index in [1.54, 1.807) is 23.1 Å². The number of aliphatic hydroxyl groups excluding tert-OH is 1. The molecule has 10 nitrogen and oxygen atoms in total. The summed E-state index contributed by atoms with van der Waals surface area (Å²) < 4.78 is 18.3. The molecule has 1 saturated heterocycles. The normalized spacial score (nSPS) is 20.2. The van der Waals surface area contributed by atoms with E-state index in [1.165, 1.54) is 4.90 Å². The number of nitrogens with zero attached hydrogens (tertiary/aromatic N) is 2. The Bertz CT molecular complexity index is 1190. The van der Waals surface area contributed by atoms with E-state index in [4.69, 9.17) is 14.2 Å². The van der Waals surface area contributed by atoms with Gasteiger partial charge < -0.3 is 34.4 Å². The molecule has 10 heteroatoms. The minimum Gasteiger partial charge on any atom is -0.491 e. The van der Waals surface area contributed by atoms with Crippen LogP contribution in [0.5, 0.6) is 17.2 Å². The number of carbonyl (C=O) groups excluding carboxylic acids is 3. The summed E-state index contributed by atoms with van der Waals surface area (Å²) in [6, 6.07) is 12.1. The summed E-state index contributed by atoms with van der Waals surface area (Å²) in [5.74, 6) is 0.674. The Morgan fingerprint density at radius 2 is 2.00 bits per heavy atom. The van der Waals surface area contributed by atoms with E-state index in [0.29, 0.717) is 48.9 Å². The third kappa shape index (κ3) is 7.48. The molecule has 2 atom stereocenters. The quantitative estimate of drug-likeness (QED) is 0.600. The second kappa shape index (κ2) is 12.9. The van der Waals surface area contributed by atoms with Gasteiger partial charge in [0.15, 0.2) is 0 Å². The number of amides is 3. The molecule has 2 heterocycles. The summed E-state index contributed by atoms with van der Waals surface area (Å²) in [4.78, 5) is 42.2. The number of carbonyl (C=O) groups is 3. The van der Waals surface area contributed by atoms with Crippen molar-refractivity contribution >= 4 is 17.7 Å². The molecule has 0 unspecified atom stereocenters. The van der Waals surface area contributed by atoms with Crippen molar-refractivity contribution in [3.63, 3.8) is 0 Å². The SMILES string of the molecule is CCN1CC(=O)N[C@H]2CN(C(=O)CCO)CC[C@@H]2OCc2cccc(c2)Oc2cc(OC(C)C)cc(c2)C1=O. The van der Waals surface area contributed by atoms with Gasteiger partial charge in [0.2, 0.25) is 11.8 Å². The second-order valence-electron chi connectivity index (χ2n) is 10.1. The number of nitrogens with one attached hydrogen (secondary N) is 1. The van der Waals surface area contributed by atoms with E-state index in [0.717, 1.165) is 5.56 Å². The first-order valence-electron chi connectivity index (χ1n) is 13.4. The number of benzene rings is 2. The molecule has 4 rings (SSSR count). The fourth-order valence-corrected chi connectivity index (χ4v) is 4.82. The van der Waals surface area contributed by atoms with E-state index in [1.807, 2.05) is 45.0 Å². The zero-order chi connectivity index (χ0) is 27.9. The van der Waals surface area contributed by atoms with Crippen LogP contribution in [-0.4, -0.2) is 83.7 Å². The van der Waals surface area contributed by atoms with Crippen LogP contribution in [-0.2, 0) is 20.9 Å². The van der Waals surface area contributed by atoms with E-state index >= 15 is 0 Å². The highest BCUT2D eigenvalue weighted by atomic mass is 16.5. The van der Waals surface area contributed by atoms with Crippen LogP contribution in [0, 0.1) is 0 Å². The second-order valence-corrected chi connectivity index (χ2v) is 10.1. The number of likely N-dealkylation sites (tertiary alicyclic amines) is 1. The lowest BCUT2D eigenvalue weighted by molar-refractivity contribution is -0.138. The van der Waals surface area contributed by atoms with Crippen molar-refractivity contribution in [2.24, 2.45) is 0 Å². The van der Waals surface area contributed by atoms with E-state index in [-0.39, 0.29) is 56.0 Å². The van der Waals surface area contributed by atoms with Crippen LogP contribution in [0.25, 0.3) is 0 Å². The zero-order valence-electron chi connectivity index (χ0n) is 22.7. The van der Waals surface area contributed by atoms with Crippen LogP contribution in [0.1, 0.15) is 49.5 Å². The van der Waals surface area contributed by atoms with Crippen LogP contribution in [0.15, 0.2) is 42.5 Å². The van der Waals surface area contributed by atoms with E-state index in [2.05, 4.69) is 5.32 Å². The average Bonchev–Trinajstić information content (AvgIpc) is 2.90. The first-order chi connectivity index (χ1) is 18.7. The van der Waals surface area contributed by atoms with Gasteiger partial charge >= 0.3 is 0 Å². The van der Waals surface area contributed by atoms with Crippen molar-refractivity contribution in [2.75, 3.05) is 32.8 Å². The highest BCUT2D eigenvalue weighted by Crippen LogP contribution is 2.30. The van der Waals surface area contributed by atoms with Gasteiger partial charge in [0.05, 0.1) is 38.0 Å². The molecule has 2 N–H and O–H groups in total. The number of aliphatic hydroxyl groups is 1. The summed E-state index contributed by atoms with van der Waals surface area (Å²) in [6.45, 7) is 6.54. The molecule has 2 aromatic rings. The molecule has 0 saturated carbocycles. The van der Waals surface area contributed by atoms with Crippen LogP contribution < -0.4 is 14.8 Å². The highest BCUT2D eigenvalue weighted by Gasteiger charge is 2.33. The molecule has 2 aliphatic rings. The molecule has 0 spiro atoms. The Kier molecular flexibility index (Phi) is 9.42. The lowest BCUT2D eigenvalue weighted by atomic mass is 10.0. The number of likely N-dealkylation sites (N-methyl/N-ethyl adjacent to an activating group) is 1. The fourth-order valence-electron chi connectivity index (χ4n) is 4.82. The molecule has 0 radical (unpaired) electrons. The van der Waals surface area contributed by atoms with Gasteiger partial charge in [0.25, 0.3) is 5.91 Å². The standard InChI is InChI=1S/C29H37N3O7/c1-4-31-17-27(34)30-25-16-32(28(35)9-11-33)10-8-26(25)37-18-20-6-5-7-22(12-20)39-24-14-21(29(31)36)13-23(15-24)38-19(2)3/h5-7,12-15,19,25-26,33H,4,8-11,16-18H2,1-3H3,(H,30,34)/t25-,26-/m0/s1. The Hall–Kier alpha value is -3.63. The van der Waals surface area contributed by atoms with Gasteiger partial charge in [0.1, 0.15) is 17.2 Å². The van der Waals surface area contributed by atoms with Gasteiger partial charge in [-0.15, -0.1) is 0 Å². The van der Waals surface area contributed by atoms with Crippen molar-refractivity contribution < 1.29 is 33.7 Å². The Balaban J connectivity index is 1.67. The molecule has 2 aliphatic heterocycles. The molecule has 0 aromatic heterocycles. The van der Waals surface area contributed by atoms with E-state index < -0.39 is 6.04 Å². The largest absolute Gasteiger partial charge is 0.491 e. The van der Waals surface area contributed by atoms with Crippen molar-refractivity contribution in [1.82, 2.24) is 15.1 Å². The number of fused-ring (bicyclic) bond motifs is 5. The molecule has 210 valence electrons. The average molecular weight is 540 g/mol. The summed E-state index contributed by atoms with van der Waals surface area (Å²) >= 11 is 0. The molecule has 1 fully saturated rings.